The van der Waals surface area contributed by atoms with Crippen molar-refractivity contribution in [3.05, 3.63) is 23.8 Å². The average molecular weight is 247 g/mol. The van der Waals surface area contributed by atoms with Crippen LogP contribution in [-0.2, 0) is 4.79 Å². The average Bonchev–Trinajstić information content (AvgIpc) is 2.38. The molecular weight excluding hydrogens is 230 g/mol. The zero-order valence-corrected chi connectivity index (χ0v) is 11.0. The maximum Gasteiger partial charge on any atom is 0.296 e. The summed E-state index contributed by atoms with van der Waals surface area (Å²) < 4.78 is 10.4. The Morgan fingerprint density at radius 2 is 1.94 bits per heavy atom. The Kier molecular flexibility index (Phi) is 5.06. The molecule has 4 heteroatoms. The van der Waals surface area contributed by atoms with Gasteiger partial charge in [0.05, 0.1) is 20.3 Å². The highest BCUT2D eigenvalue weighted by atomic mass is 16.5. The van der Waals surface area contributed by atoms with E-state index in [-0.39, 0.29) is 11.9 Å². The molecule has 0 bridgehead atoms. The van der Waals surface area contributed by atoms with E-state index in [4.69, 9.17) is 9.47 Å². The molecule has 0 aliphatic rings. The lowest BCUT2D eigenvalue weighted by Crippen LogP contribution is -2.25. The van der Waals surface area contributed by atoms with E-state index in [0.717, 1.165) is 5.56 Å². The molecule has 0 fully saturated rings. The predicted molar refractivity (Wildman–Crippen MR) is 69.6 cm³/mol. The van der Waals surface area contributed by atoms with Gasteiger partial charge in [-0.3, -0.25) is 4.79 Å². The minimum absolute atomic E-state index is 0.141. The molecule has 1 atom stereocenters. The number of hydrogen-bond acceptors (Lipinski definition) is 3. The molecule has 1 N–H and O–H groups in total. The summed E-state index contributed by atoms with van der Waals surface area (Å²) in [6.45, 7) is 3.51. The topological polar surface area (TPSA) is 47.6 Å². The summed E-state index contributed by atoms with van der Waals surface area (Å²) in [5.41, 5.74) is 0.930. The smallest absolute Gasteiger partial charge is 0.296 e. The molecule has 0 heterocycles. The van der Waals surface area contributed by atoms with Crippen molar-refractivity contribution < 1.29 is 14.3 Å². The highest BCUT2D eigenvalue weighted by Crippen LogP contribution is 2.29. The van der Waals surface area contributed by atoms with Crippen LogP contribution >= 0.6 is 0 Å². The van der Waals surface area contributed by atoms with Crippen LogP contribution in [0.25, 0.3) is 0 Å². The van der Waals surface area contributed by atoms with E-state index < -0.39 is 0 Å². The highest BCUT2D eigenvalue weighted by Gasteiger charge is 2.11. The van der Waals surface area contributed by atoms with Crippen molar-refractivity contribution in [2.75, 3.05) is 14.2 Å². The van der Waals surface area contributed by atoms with Crippen LogP contribution in [0.2, 0.25) is 0 Å². The lowest BCUT2D eigenvalue weighted by molar-refractivity contribution is -0.116. The number of ether oxygens (including phenoxy) is 2. The molecule has 96 valence electrons. The van der Waals surface area contributed by atoms with E-state index in [1.54, 1.807) is 21.1 Å². The van der Waals surface area contributed by atoms with Gasteiger partial charge in [-0.25, -0.2) is 0 Å². The Bertz CT molecular complexity index is 486. The number of hydrogen-bond donors (Lipinski definition) is 1. The SMILES string of the molecule is CC#CC(=O)NC(C)c1ccc(OC)c(OC)c1. The van der Waals surface area contributed by atoms with Crippen molar-refractivity contribution in [1.82, 2.24) is 5.32 Å². The second-order valence-corrected chi connectivity index (χ2v) is 3.68. The van der Waals surface area contributed by atoms with Crippen LogP contribution in [0.1, 0.15) is 25.5 Å². The van der Waals surface area contributed by atoms with Gasteiger partial charge >= 0.3 is 0 Å². The fourth-order valence-corrected chi connectivity index (χ4v) is 1.55. The summed E-state index contributed by atoms with van der Waals surface area (Å²) in [6, 6.07) is 5.38. The predicted octanol–water partition coefficient (Wildman–Crippen LogP) is 1.90. The number of nitrogens with one attached hydrogen (secondary N) is 1. The Morgan fingerprint density at radius 1 is 1.28 bits per heavy atom. The maximum atomic E-state index is 11.4. The molecule has 1 rings (SSSR count). The fourth-order valence-electron chi connectivity index (χ4n) is 1.55. The molecular formula is C14H17NO3. The van der Waals surface area contributed by atoms with E-state index >= 15 is 0 Å². The van der Waals surface area contributed by atoms with Gasteiger partial charge in [0.15, 0.2) is 11.5 Å². The van der Waals surface area contributed by atoms with Gasteiger partial charge in [-0.05, 0) is 37.5 Å². The number of carbonyl (C=O) groups excluding carboxylic acids is 1. The Hall–Kier alpha value is -2.15. The molecule has 18 heavy (non-hydrogen) atoms. The molecule has 1 amide bonds. The molecule has 0 radical (unpaired) electrons. The summed E-state index contributed by atoms with van der Waals surface area (Å²) in [6.07, 6.45) is 0. The highest BCUT2D eigenvalue weighted by molar-refractivity contribution is 5.93. The van der Waals surface area contributed by atoms with E-state index in [1.807, 2.05) is 25.1 Å². The lowest BCUT2D eigenvalue weighted by Gasteiger charge is -2.15. The standard InChI is InChI=1S/C14H17NO3/c1-5-6-14(16)15-10(2)11-7-8-12(17-3)13(9-11)18-4/h7-10H,1-4H3,(H,15,16). The van der Waals surface area contributed by atoms with Crippen molar-refractivity contribution in [2.24, 2.45) is 0 Å². The van der Waals surface area contributed by atoms with Crippen LogP contribution in [-0.4, -0.2) is 20.1 Å². The second-order valence-electron chi connectivity index (χ2n) is 3.68. The fraction of sp³-hybridized carbons (Fsp3) is 0.357. The quantitative estimate of drug-likeness (QED) is 0.827. The largest absolute Gasteiger partial charge is 0.493 e. The molecule has 1 aromatic carbocycles. The van der Waals surface area contributed by atoms with Crippen molar-refractivity contribution >= 4 is 5.91 Å². The Balaban J connectivity index is 2.88. The first kappa shape index (κ1) is 13.9. The van der Waals surface area contributed by atoms with Crippen LogP contribution in [0.3, 0.4) is 0 Å². The summed E-state index contributed by atoms with van der Waals surface area (Å²) in [5.74, 6) is 6.00. The van der Waals surface area contributed by atoms with E-state index in [0.29, 0.717) is 11.5 Å². The first-order chi connectivity index (χ1) is 8.62. The van der Waals surface area contributed by atoms with Crippen molar-refractivity contribution in [1.29, 1.82) is 0 Å². The first-order valence-corrected chi connectivity index (χ1v) is 5.57. The van der Waals surface area contributed by atoms with Gasteiger partial charge < -0.3 is 14.8 Å². The van der Waals surface area contributed by atoms with Crippen LogP contribution in [0.4, 0.5) is 0 Å². The van der Waals surface area contributed by atoms with Gasteiger partial charge in [0.2, 0.25) is 0 Å². The van der Waals surface area contributed by atoms with Crippen LogP contribution < -0.4 is 14.8 Å². The molecule has 4 nitrogen and oxygen atoms in total. The number of rotatable bonds is 4. The molecule has 0 aromatic heterocycles. The monoisotopic (exact) mass is 247 g/mol. The molecule has 0 saturated carbocycles. The molecule has 0 aliphatic heterocycles. The van der Waals surface area contributed by atoms with E-state index in [1.165, 1.54) is 0 Å². The molecule has 1 unspecified atom stereocenters. The third kappa shape index (κ3) is 3.42. The minimum atomic E-state index is -0.292. The number of methoxy groups -OCH3 is 2. The summed E-state index contributed by atoms with van der Waals surface area (Å²) in [5, 5.41) is 2.78. The molecule has 1 aromatic rings. The summed E-state index contributed by atoms with van der Waals surface area (Å²) >= 11 is 0. The maximum absolute atomic E-state index is 11.4. The van der Waals surface area contributed by atoms with Gasteiger partial charge in [0.1, 0.15) is 0 Å². The van der Waals surface area contributed by atoms with E-state index in [9.17, 15) is 4.79 Å². The normalized spacial score (nSPS) is 10.9. The van der Waals surface area contributed by atoms with Crippen molar-refractivity contribution in [3.63, 3.8) is 0 Å². The van der Waals surface area contributed by atoms with Crippen molar-refractivity contribution in [3.8, 4) is 23.3 Å². The zero-order valence-electron chi connectivity index (χ0n) is 11.0. The summed E-state index contributed by atoms with van der Waals surface area (Å²) in [7, 11) is 3.16. The van der Waals surface area contributed by atoms with Crippen molar-refractivity contribution in [2.45, 2.75) is 19.9 Å². The van der Waals surface area contributed by atoms with Gasteiger partial charge in [0.25, 0.3) is 5.91 Å². The number of benzene rings is 1. The lowest BCUT2D eigenvalue weighted by atomic mass is 10.1. The van der Waals surface area contributed by atoms with Gasteiger partial charge in [-0.2, -0.15) is 0 Å². The van der Waals surface area contributed by atoms with Gasteiger partial charge in [-0.1, -0.05) is 12.0 Å². The molecule has 0 aliphatic carbocycles. The third-order valence-corrected chi connectivity index (χ3v) is 2.49. The Labute approximate surface area is 107 Å². The third-order valence-electron chi connectivity index (χ3n) is 2.49. The van der Waals surface area contributed by atoms with Gasteiger partial charge in [-0.15, -0.1) is 0 Å². The molecule has 0 saturated heterocycles. The minimum Gasteiger partial charge on any atom is -0.493 e. The van der Waals surface area contributed by atoms with Crippen LogP contribution in [0, 0.1) is 11.8 Å². The number of amides is 1. The summed E-state index contributed by atoms with van der Waals surface area (Å²) in [4.78, 5) is 11.4. The van der Waals surface area contributed by atoms with Gasteiger partial charge in [0, 0.05) is 0 Å². The Morgan fingerprint density at radius 3 is 2.50 bits per heavy atom. The number of carbonyl (C=O) groups is 1. The van der Waals surface area contributed by atoms with Crippen LogP contribution in [0.15, 0.2) is 18.2 Å². The zero-order chi connectivity index (χ0) is 13.5. The van der Waals surface area contributed by atoms with Crippen LogP contribution in [0.5, 0.6) is 11.5 Å². The molecule has 0 spiro atoms. The second kappa shape index (κ2) is 6.55. The van der Waals surface area contributed by atoms with E-state index in [2.05, 4.69) is 17.2 Å². The first-order valence-electron chi connectivity index (χ1n) is 5.57.